The molecule has 12 nitrogen and oxygen atoms in total. The van der Waals surface area contributed by atoms with Crippen molar-refractivity contribution in [3.63, 3.8) is 0 Å². The van der Waals surface area contributed by atoms with E-state index in [1.165, 1.54) is 280 Å². The Morgan fingerprint density at radius 1 is 0.202 bits per heavy atom. The minimum atomic E-state index is -4.31. The molecule has 0 aliphatic rings. The Kier molecular flexibility index (Phi) is 53.9. The summed E-state index contributed by atoms with van der Waals surface area (Å²) < 4.78 is 130. The van der Waals surface area contributed by atoms with E-state index in [1.54, 1.807) is 48.5 Å². The Labute approximate surface area is 578 Å². The summed E-state index contributed by atoms with van der Waals surface area (Å²) in [5.41, 5.74) is 4.41. The fourth-order valence-corrected chi connectivity index (χ4v) is 12.4. The smallest absolute Gasteiger partial charge is 0.744 e. The first-order valence-electron chi connectivity index (χ1n) is 34.3. The number of unbranched alkanes of at least 4 members (excludes halogenated alkanes) is 36. The van der Waals surface area contributed by atoms with E-state index in [9.17, 15) is 51.9 Å². The van der Waals surface area contributed by atoms with Crippen LogP contribution >= 0.6 is 0 Å². The van der Waals surface area contributed by atoms with Crippen LogP contribution < -0.4 is 0 Å². The van der Waals surface area contributed by atoms with Crippen molar-refractivity contribution in [2.75, 3.05) is 0 Å². The average molecular weight is 1440 g/mol. The van der Waals surface area contributed by atoms with Gasteiger partial charge in [0.05, 0.1) is 19.6 Å². The van der Waals surface area contributed by atoms with E-state index in [1.807, 2.05) is 0 Å². The molecule has 504 valence electrons. The normalized spacial score (nSPS) is 11.6. The van der Waals surface area contributed by atoms with Crippen LogP contribution in [-0.4, -0.2) is 51.9 Å². The van der Waals surface area contributed by atoms with Gasteiger partial charge in [-0.05, 0) is 122 Å². The summed E-state index contributed by atoms with van der Waals surface area (Å²) in [4.78, 5) is -0.558. The van der Waals surface area contributed by atoms with Crippen molar-refractivity contribution >= 4 is 40.5 Å². The maximum absolute atomic E-state index is 10.8. The summed E-state index contributed by atoms with van der Waals surface area (Å²) in [5, 5.41) is 0. The van der Waals surface area contributed by atoms with Crippen molar-refractivity contribution in [2.45, 2.75) is 330 Å². The van der Waals surface area contributed by atoms with Crippen molar-refractivity contribution in [3.05, 3.63) is 119 Å². The molecule has 0 heterocycles. The second-order valence-corrected chi connectivity index (χ2v) is 29.6. The number of hydrogen-bond donors (Lipinski definition) is 0. The third-order valence-electron chi connectivity index (χ3n) is 16.1. The molecule has 0 amide bonds. The van der Waals surface area contributed by atoms with Gasteiger partial charge in [0.25, 0.3) is 0 Å². The standard InChI is InChI=1S/4C18H30O3S.Ce/c4*1-2-3-4-5-6-7-8-9-10-11-12-17-13-15-18(16-14-17)22(19,20)21;/h4*13-16H,2-12H2,1H3,(H,19,20,21);/q;;;;+4/p-4. The molecule has 4 rings (SSSR count). The first kappa shape index (κ1) is 86.9. The van der Waals surface area contributed by atoms with E-state index in [0.29, 0.717) is 0 Å². The van der Waals surface area contributed by atoms with Crippen molar-refractivity contribution < 1.29 is 93.6 Å². The van der Waals surface area contributed by atoms with Crippen LogP contribution in [0.5, 0.6) is 0 Å². The predicted octanol–water partition coefficient (Wildman–Crippen LogP) is 20.2. The van der Waals surface area contributed by atoms with Crippen LogP contribution in [0, 0.1) is 41.7 Å². The third kappa shape index (κ3) is 50.1. The van der Waals surface area contributed by atoms with Crippen LogP contribution in [-0.2, 0) is 66.2 Å². The Hall–Kier alpha value is -2.10. The van der Waals surface area contributed by atoms with Crippen LogP contribution in [0.1, 0.15) is 307 Å². The molecule has 0 saturated heterocycles. The minimum absolute atomic E-state index is 0. The van der Waals surface area contributed by atoms with E-state index in [-0.39, 0.29) is 61.3 Å². The van der Waals surface area contributed by atoms with Crippen molar-refractivity contribution in [3.8, 4) is 0 Å². The first-order valence-corrected chi connectivity index (χ1v) is 40.0. The van der Waals surface area contributed by atoms with Crippen molar-refractivity contribution in [1.82, 2.24) is 0 Å². The molecule has 0 radical (unpaired) electrons. The third-order valence-corrected chi connectivity index (χ3v) is 19.5. The molecule has 89 heavy (non-hydrogen) atoms. The van der Waals surface area contributed by atoms with Gasteiger partial charge in [-0.2, -0.15) is 0 Å². The van der Waals surface area contributed by atoms with Gasteiger partial charge in [-0.3, -0.25) is 0 Å². The van der Waals surface area contributed by atoms with Gasteiger partial charge in [-0.25, -0.2) is 33.7 Å². The van der Waals surface area contributed by atoms with Gasteiger partial charge < -0.3 is 18.2 Å². The zero-order chi connectivity index (χ0) is 65.0. The van der Waals surface area contributed by atoms with Crippen molar-refractivity contribution in [2.24, 2.45) is 0 Å². The summed E-state index contributed by atoms with van der Waals surface area (Å²) in [7, 11) is -17.3. The Morgan fingerprint density at radius 3 is 0.427 bits per heavy atom. The molecule has 0 aromatic heterocycles. The first-order chi connectivity index (χ1) is 42.1. The Balaban J connectivity index is 0.00000116. The van der Waals surface area contributed by atoms with Gasteiger partial charge in [0.2, 0.25) is 0 Å². The van der Waals surface area contributed by atoms with Gasteiger partial charge in [-0.1, -0.05) is 307 Å². The van der Waals surface area contributed by atoms with Crippen LogP contribution in [0.4, 0.5) is 0 Å². The van der Waals surface area contributed by atoms with E-state index >= 15 is 0 Å². The molecule has 4 aromatic carbocycles. The Bertz CT molecular complexity index is 2360. The molecule has 4 aromatic rings. The van der Waals surface area contributed by atoms with Gasteiger partial charge in [0, 0.05) is 0 Å². The average Bonchev–Trinajstić information content (AvgIpc) is 3.60. The van der Waals surface area contributed by atoms with Gasteiger partial charge >= 0.3 is 41.7 Å². The molecule has 0 aliphatic heterocycles. The largest absolute Gasteiger partial charge is 4.00 e. The molecule has 0 bridgehead atoms. The molecule has 17 heteroatoms. The molecule has 0 unspecified atom stereocenters. The summed E-state index contributed by atoms with van der Waals surface area (Å²) in [6.45, 7) is 8.97. The SMILES string of the molecule is CCCCCCCCCCCCc1ccc(S(=O)(=O)[O-])cc1.CCCCCCCCCCCCc1ccc(S(=O)(=O)[O-])cc1.CCCCCCCCCCCCc1ccc(S(=O)(=O)[O-])cc1.CCCCCCCCCCCCc1ccc(S(=O)(=O)[O-])cc1.[Ce+4]. The van der Waals surface area contributed by atoms with Crippen LogP contribution in [0.15, 0.2) is 117 Å². The number of rotatable bonds is 48. The maximum atomic E-state index is 10.8. The van der Waals surface area contributed by atoms with Gasteiger partial charge in [0.15, 0.2) is 0 Å². The van der Waals surface area contributed by atoms with Crippen molar-refractivity contribution in [1.29, 1.82) is 0 Å². The fraction of sp³-hybridized carbons (Fsp3) is 0.667. The molecular formula is C72H116CeO12S4. The zero-order valence-corrected chi connectivity index (χ0v) is 61.8. The van der Waals surface area contributed by atoms with Crippen LogP contribution in [0.25, 0.3) is 0 Å². The number of hydrogen-bond acceptors (Lipinski definition) is 12. The summed E-state index contributed by atoms with van der Waals surface area (Å²) in [5.74, 6) is 0. The summed E-state index contributed by atoms with van der Waals surface area (Å²) in [6.07, 6.45) is 56.2. The minimum Gasteiger partial charge on any atom is -0.744 e. The number of aryl methyl sites for hydroxylation is 4. The van der Waals surface area contributed by atoms with E-state index in [4.69, 9.17) is 0 Å². The summed E-state index contributed by atoms with van der Waals surface area (Å²) in [6, 6.07) is 25.3. The molecular weight excluding hydrogens is 1330 g/mol. The van der Waals surface area contributed by atoms with Gasteiger partial charge in [0.1, 0.15) is 40.5 Å². The predicted molar refractivity (Wildman–Crippen MR) is 360 cm³/mol. The molecule has 0 saturated carbocycles. The van der Waals surface area contributed by atoms with E-state index in [0.717, 1.165) is 73.6 Å². The van der Waals surface area contributed by atoms with Crippen LogP contribution in [0.3, 0.4) is 0 Å². The van der Waals surface area contributed by atoms with Gasteiger partial charge in [-0.15, -0.1) is 0 Å². The van der Waals surface area contributed by atoms with E-state index < -0.39 is 40.5 Å². The summed E-state index contributed by atoms with van der Waals surface area (Å²) >= 11 is 0. The quantitative estimate of drug-likeness (QED) is 0.0297. The topological polar surface area (TPSA) is 229 Å². The fourth-order valence-electron chi connectivity index (χ4n) is 10.6. The molecule has 0 N–H and O–H groups in total. The second kappa shape index (κ2) is 55.2. The molecule has 0 fully saturated rings. The molecule has 0 aliphatic carbocycles. The maximum Gasteiger partial charge on any atom is 4.00 e. The second-order valence-electron chi connectivity index (χ2n) is 24.1. The van der Waals surface area contributed by atoms with Crippen LogP contribution in [0.2, 0.25) is 0 Å². The molecule has 0 spiro atoms. The number of benzene rings is 4. The Morgan fingerprint density at radius 2 is 0.315 bits per heavy atom. The van der Waals surface area contributed by atoms with E-state index in [2.05, 4.69) is 27.7 Å². The molecule has 0 atom stereocenters. The monoisotopic (exact) mass is 1440 g/mol. The zero-order valence-electron chi connectivity index (χ0n) is 55.4.